The molecule has 0 bridgehead atoms. The molecule has 0 fully saturated rings. The first-order valence-corrected chi connectivity index (χ1v) is 4.22. The van der Waals surface area contributed by atoms with E-state index in [1.54, 1.807) is 12.1 Å². The summed E-state index contributed by atoms with van der Waals surface area (Å²) in [5.74, 6) is -0.142. The maximum atomic E-state index is 12.7. The largest absolute Gasteiger partial charge is 0.320 e. The van der Waals surface area contributed by atoms with Crippen LogP contribution >= 0.6 is 0 Å². The van der Waals surface area contributed by atoms with E-state index in [1.807, 2.05) is 13.1 Å². The van der Waals surface area contributed by atoms with Crippen molar-refractivity contribution in [3.63, 3.8) is 0 Å². The molecule has 0 saturated heterocycles. The zero-order chi connectivity index (χ0) is 8.81. The van der Waals surface area contributed by atoms with E-state index in [9.17, 15) is 4.39 Å². The van der Waals surface area contributed by atoms with Crippen LogP contribution in [0.3, 0.4) is 0 Å². The van der Waals surface area contributed by atoms with Crippen LogP contribution in [0.1, 0.15) is 12.0 Å². The molecule has 0 aliphatic heterocycles. The number of halogens is 1. The van der Waals surface area contributed by atoms with Crippen LogP contribution < -0.4 is 5.32 Å². The van der Waals surface area contributed by atoms with Crippen LogP contribution in [-0.4, -0.2) is 13.6 Å². The molecule has 0 heterocycles. The molecule has 0 saturated carbocycles. The van der Waals surface area contributed by atoms with E-state index in [0.717, 1.165) is 24.9 Å². The van der Waals surface area contributed by atoms with E-state index in [-0.39, 0.29) is 5.82 Å². The smallest absolute Gasteiger partial charge is 0.123 e. The molecule has 0 aromatic heterocycles. The van der Waals surface area contributed by atoms with Gasteiger partial charge in [0.1, 0.15) is 5.82 Å². The van der Waals surface area contributed by atoms with E-state index in [4.69, 9.17) is 0 Å². The summed E-state index contributed by atoms with van der Waals surface area (Å²) >= 11 is 0. The van der Waals surface area contributed by atoms with Gasteiger partial charge < -0.3 is 5.32 Å². The maximum absolute atomic E-state index is 12.7. The van der Waals surface area contributed by atoms with Crippen LogP contribution in [0.5, 0.6) is 0 Å². The minimum Gasteiger partial charge on any atom is -0.320 e. The topological polar surface area (TPSA) is 12.0 Å². The first-order chi connectivity index (χ1) is 5.83. The number of hydrogen-bond donors (Lipinski definition) is 1. The molecule has 66 valence electrons. The Kier molecular flexibility index (Phi) is 3.74. The Bertz CT molecular complexity index is 235. The summed E-state index contributed by atoms with van der Waals surface area (Å²) in [6.07, 6.45) is 2.00. The van der Waals surface area contributed by atoms with Crippen molar-refractivity contribution >= 4 is 0 Å². The van der Waals surface area contributed by atoms with Gasteiger partial charge in [-0.25, -0.2) is 4.39 Å². The van der Waals surface area contributed by atoms with Crippen molar-refractivity contribution in [1.29, 1.82) is 0 Å². The van der Waals surface area contributed by atoms with E-state index in [2.05, 4.69) is 5.32 Å². The fraction of sp³-hybridized carbons (Fsp3) is 0.400. The number of rotatable bonds is 4. The second-order valence-corrected chi connectivity index (χ2v) is 2.84. The fourth-order valence-electron chi connectivity index (χ4n) is 1.16. The lowest BCUT2D eigenvalue weighted by atomic mass is 10.1. The summed E-state index contributed by atoms with van der Waals surface area (Å²) < 4.78 is 12.7. The Balaban J connectivity index is 2.41. The molecular weight excluding hydrogens is 153 g/mol. The Morgan fingerprint density at radius 3 is 2.92 bits per heavy atom. The molecule has 1 N–H and O–H groups in total. The lowest BCUT2D eigenvalue weighted by Crippen LogP contribution is -2.08. The van der Waals surface area contributed by atoms with Crippen LogP contribution in [-0.2, 0) is 6.42 Å². The number of aryl methyl sites for hydroxylation is 1. The molecule has 0 radical (unpaired) electrons. The predicted octanol–water partition coefficient (Wildman–Crippen LogP) is 1.98. The minimum absolute atomic E-state index is 0.142. The maximum Gasteiger partial charge on any atom is 0.123 e. The van der Waals surface area contributed by atoms with Gasteiger partial charge >= 0.3 is 0 Å². The first kappa shape index (κ1) is 9.20. The van der Waals surface area contributed by atoms with E-state index in [0.29, 0.717) is 0 Å². The van der Waals surface area contributed by atoms with Gasteiger partial charge in [0.15, 0.2) is 0 Å². The molecule has 0 amide bonds. The fourth-order valence-corrected chi connectivity index (χ4v) is 1.16. The minimum atomic E-state index is -0.142. The van der Waals surface area contributed by atoms with E-state index < -0.39 is 0 Å². The molecule has 1 rings (SSSR count). The van der Waals surface area contributed by atoms with Gasteiger partial charge in [-0.05, 0) is 44.1 Å². The van der Waals surface area contributed by atoms with Crippen molar-refractivity contribution in [1.82, 2.24) is 5.32 Å². The van der Waals surface area contributed by atoms with Crippen LogP contribution in [0, 0.1) is 5.82 Å². The summed E-state index contributed by atoms with van der Waals surface area (Å²) in [6, 6.07) is 6.78. The van der Waals surface area contributed by atoms with E-state index >= 15 is 0 Å². The van der Waals surface area contributed by atoms with Gasteiger partial charge in [-0.15, -0.1) is 0 Å². The predicted molar refractivity (Wildman–Crippen MR) is 48.6 cm³/mol. The highest BCUT2D eigenvalue weighted by Gasteiger charge is 1.93. The van der Waals surface area contributed by atoms with Gasteiger partial charge in [0, 0.05) is 0 Å². The van der Waals surface area contributed by atoms with Gasteiger partial charge in [-0.3, -0.25) is 0 Å². The molecule has 0 aliphatic rings. The quantitative estimate of drug-likeness (QED) is 0.676. The van der Waals surface area contributed by atoms with Crippen LogP contribution in [0.2, 0.25) is 0 Å². The number of nitrogens with one attached hydrogen (secondary N) is 1. The average Bonchev–Trinajstić information content (AvgIpc) is 2.05. The molecule has 0 aliphatic carbocycles. The molecular formula is C10H14FN. The van der Waals surface area contributed by atoms with Crippen LogP contribution in [0.4, 0.5) is 4.39 Å². The first-order valence-electron chi connectivity index (χ1n) is 4.22. The number of benzene rings is 1. The van der Waals surface area contributed by atoms with Crippen LogP contribution in [0.25, 0.3) is 0 Å². The monoisotopic (exact) mass is 167 g/mol. The SMILES string of the molecule is CNCCCc1cccc(F)c1. The normalized spacial score (nSPS) is 10.2. The number of hydrogen-bond acceptors (Lipinski definition) is 1. The van der Waals surface area contributed by atoms with Crippen molar-refractivity contribution < 1.29 is 4.39 Å². The van der Waals surface area contributed by atoms with Crippen molar-refractivity contribution in [2.75, 3.05) is 13.6 Å². The highest BCUT2D eigenvalue weighted by atomic mass is 19.1. The Morgan fingerprint density at radius 2 is 2.25 bits per heavy atom. The standard InChI is InChI=1S/C10H14FN/c1-12-7-3-5-9-4-2-6-10(11)8-9/h2,4,6,8,12H,3,5,7H2,1H3. The molecule has 12 heavy (non-hydrogen) atoms. The molecule has 0 spiro atoms. The van der Waals surface area contributed by atoms with Gasteiger partial charge in [0.2, 0.25) is 0 Å². The van der Waals surface area contributed by atoms with Gasteiger partial charge in [0.05, 0.1) is 0 Å². The summed E-state index contributed by atoms with van der Waals surface area (Å²) in [7, 11) is 1.92. The molecule has 1 aromatic carbocycles. The lowest BCUT2D eigenvalue weighted by Gasteiger charge is -2.00. The third-order valence-corrected chi connectivity index (χ3v) is 1.78. The van der Waals surface area contributed by atoms with Gasteiger partial charge in [-0.1, -0.05) is 12.1 Å². The summed E-state index contributed by atoms with van der Waals surface area (Å²) in [4.78, 5) is 0. The highest BCUT2D eigenvalue weighted by molar-refractivity contribution is 5.16. The Labute approximate surface area is 72.6 Å². The average molecular weight is 167 g/mol. The lowest BCUT2D eigenvalue weighted by molar-refractivity contribution is 0.623. The Hall–Kier alpha value is -0.890. The van der Waals surface area contributed by atoms with Gasteiger partial charge in [0.25, 0.3) is 0 Å². The molecule has 2 heteroatoms. The van der Waals surface area contributed by atoms with Crippen LogP contribution in [0.15, 0.2) is 24.3 Å². The zero-order valence-corrected chi connectivity index (χ0v) is 7.31. The zero-order valence-electron chi connectivity index (χ0n) is 7.31. The Morgan fingerprint density at radius 1 is 1.42 bits per heavy atom. The molecule has 0 unspecified atom stereocenters. The third-order valence-electron chi connectivity index (χ3n) is 1.78. The molecule has 1 nitrogen and oxygen atoms in total. The summed E-state index contributed by atoms with van der Waals surface area (Å²) in [5.41, 5.74) is 1.07. The molecule has 1 aromatic rings. The second kappa shape index (κ2) is 4.88. The van der Waals surface area contributed by atoms with E-state index in [1.165, 1.54) is 6.07 Å². The van der Waals surface area contributed by atoms with Crippen molar-refractivity contribution in [3.05, 3.63) is 35.6 Å². The van der Waals surface area contributed by atoms with Crippen molar-refractivity contribution in [2.45, 2.75) is 12.8 Å². The van der Waals surface area contributed by atoms with Crippen molar-refractivity contribution in [3.8, 4) is 0 Å². The second-order valence-electron chi connectivity index (χ2n) is 2.84. The molecule has 0 atom stereocenters. The summed E-state index contributed by atoms with van der Waals surface area (Å²) in [6.45, 7) is 0.983. The highest BCUT2D eigenvalue weighted by Crippen LogP contribution is 2.05. The third kappa shape index (κ3) is 3.01. The van der Waals surface area contributed by atoms with Crippen molar-refractivity contribution in [2.24, 2.45) is 0 Å². The van der Waals surface area contributed by atoms with Gasteiger partial charge in [-0.2, -0.15) is 0 Å². The summed E-state index contributed by atoms with van der Waals surface area (Å²) in [5, 5.41) is 3.06.